The Morgan fingerprint density at radius 2 is 2.28 bits per heavy atom. The summed E-state index contributed by atoms with van der Waals surface area (Å²) in [4.78, 5) is 0. The van der Waals surface area contributed by atoms with Crippen molar-refractivity contribution in [1.82, 2.24) is 15.6 Å². The third-order valence-corrected chi connectivity index (χ3v) is 3.76. The topological polar surface area (TPSA) is 92.7 Å². The molecule has 1 aromatic heterocycles. The van der Waals surface area contributed by atoms with Crippen LogP contribution in [-0.2, 0) is 6.42 Å². The summed E-state index contributed by atoms with van der Waals surface area (Å²) in [6, 6.07) is 8.59. The first-order chi connectivity index (χ1) is 8.79. The molecular weight excluding hydrogens is 226 g/mol. The van der Waals surface area contributed by atoms with Gasteiger partial charge in [-0.1, -0.05) is 24.3 Å². The first-order valence-electron chi connectivity index (χ1n) is 6.12. The molecule has 1 aliphatic rings. The predicted octanol–water partition coefficient (Wildman–Crippen LogP) is 1.23. The minimum absolute atomic E-state index is 0.0436. The lowest BCUT2D eigenvalue weighted by Crippen LogP contribution is -2.31. The van der Waals surface area contributed by atoms with Crippen molar-refractivity contribution >= 4 is 5.82 Å². The van der Waals surface area contributed by atoms with Crippen LogP contribution in [0.3, 0.4) is 0 Å². The molecule has 18 heavy (non-hydrogen) atoms. The smallest absolute Gasteiger partial charge is 0.123 e. The largest absolute Gasteiger partial charge is 0.384 e. The Morgan fingerprint density at radius 3 is 2.94 bits per heavy atom. The molecule has 0 fully saturated rings. The van der Waals surface area contributed by atoms with Crippen LogP contribution in [-0.4, -0.2) is 10.2 Å². The number of rotatable bonds is 4. The standard InChI is InChI=1S/C13H17N5/c14-13-11(7-16-18-13)12(17-15)6-9-5-8-3-1-2-4-10(8)9/h1-4,7,9,12,17H,5-6,15H2,(H3,14,16,18). The molecule has 2 unspecified atom stereocenters. The van der Waals surface area contributed by atoms with Crippen molar-refractivity contribution in [3.8, 4) is 0 Å². The molecule has 0 aliphatic heterocycles. The number of benzene rings is 1. The quantitative estimate of drug-likeness (QED) is 0.480. The Labute approximate surface area is 106 Å². The normalized spacial score (nSPS) is 19.1. The number of nitrogen functional groups attached to an aromatic ring is 1. The third-order valence-electron chi connectivity index (χ3n) is 3.76. The van der Waals surface area contributed by atoms with E-state index < -0.39 is 0 Å². The molecule has 1 aromatic carbocycles. The molecule has 0 spiro atoms. The Morgan fingerprint density at radius 1 is 1.44 bits per heavy atom. The highest BCUT2D eigenvalue weighted by Crippen LogP contribution is 2.40. The van der Waals surface area contributed by atoms with Crippen molar-refractivity contribution in [2.75, 3.05) is 5.73 Å². The van der Waals surface area contributed by atoms with Crippen LogP contribution in [0.1, 0.15) is 35.1 Å². The van der Waals surface area contributed by atoms with Gasteiger partial charge in [0.2, 0.25) is 0 Å². The highest BCUT2D eigenvalue weighted by atomic mass is 15.2. The minimum Gasteiger partial charge on any atom is -0.384 e. The average molecular weight is 243 g/mol. The fraction of sp³-hybridized carbons (Fsp3) is 0.308. The first-order valence-corrected chi connectivity index (χ1v) is 6.12. The number of nitrogens with two attached hydrogens (primary N) is 2. The molecule has 0 saturated carbocycles. The number of anilines is 1. The van der Waals surface area contributed by atoms with E-state index in [-0.39, 0.29) is 6.04 Å². The van der Waals surface area contributed by atoms with Crippen molar-refractivity contribution < 1.29 is 0 Å². The SMILES string of the molecule is NNC(CC1Cc2ccccc21)c1cn[nH]c1N. The van der Waals surface area contributed by atoms with Gasteiger partial charge in [-0.3, -0.25) is 16.4 Å². The van der Waals surface area contributed by atoms with Crippen LogP contribution in [0, 0.1) is 0 Å². The van der Waals surface area contributed by atoms with Crippen LogP contribution < -0.4 is 17.0 Å². The van der Waals surface area contributed by atoms with Crippen LogP contribution in [0.25, 0.3) is 0 Å². The van der Waals surface area contributed by atoms with Gasteiger partial charge in [-0.2, -0.15) is 5.10 Å². The lowest BCUT2D eigenvalue weighted by molar-refractivity contribution is 0.436. The Kier molecular flexibility index (Phi) is 2.77. The van der Waals surface area contributed by atoms with Crippen LogP contribution in [0.15, 0.2) is 30.5 Å². The van der Waals surface area contributed by atoms with Gasteiger partial charge in [-0.05, 0) is 29.9 Å². The van der Waals surface area contributed by atoms with Crippen molar-refractivity contribution in [2.45, 2.75) is 24.8 Å². The Bertz CT molecular complexity index is 548. The van der Waals surface area contributed by atoms with E-state index >= 15 is 0 Å². The summed E-state index contributed by atoms with van der Waals surface area (Å²) < 4.78 is 0. The highest BCUT2D eigenvalue weighted by molar-refractivity contribution is 5.43. The number of H-pyrrole nitrogens is 1. The van der Waals surface area contributed by atoms with Crippen LogP contribution in [0.5, 0.6) is 0 Å². The second-order valence-corrected chi connectivity index (χ2v) is 4.79. The molecule has 2 atom stereocenters. The zero-order chi connectivity index (χ0) is 12.5. The number of nitrogens with zero attached hydrogens (tertiary/aromatic N) is 1. The van der Waals surface area contributed by atoms with Crippen molar-refractivity contribution in [3.63, 3.8) is 0 Å². The summed E-state index contributed by atoms with van der Waals surface area (Å²) in [5, 5.41) is 6.68. The van der Waals surface area contributed by atoms with Gasteiger partial charge in [0.1, 0.15) is 5.82 Å². The van der Waals surface area contributed by atoms with Gasteiger partial charge < -0.3 is 5.73 Å². The van der Waals surface area contributed by atoms with Crippen LogP contribution in [0.4, 0.5) is 5.82 Å². The zero-order valence-electron chi connectivity index (χ0n) is 10.1. The summed E-state index contributed by atoms with van der Waals surface area (Å²) in [6.07, 6.45) is 3.80. The maximum atomic E-state index is 5.83. The number of aromatic nitrogens is 2. The van der Waals surface area contributed by atoms with Crippen LogP contribution in [0.2, 0.25) is 0 Å². The van der Waals surface area contributed by atoms with E-state index in [9.17, 15) is 0 Å². The molecule has 94 valence electrons. The predicted molar refractivity (Wildman–Crippen MR) is 70.6 cm³/mol. The Balaban J connectivity index is 1.76. The summed E-state index contributed by atoms with van der Waals surface area (Å²) in [7, 11) is 0. The molecule has 5 heteroatoms. The van der Waals surface area contributed by atoms with E-state index in [0.29, 0.717) is 11.7 Å². The van der Waals surface area contributed by atoms with Crippen LogP contribution >= 0.6 is 0 Å². The van der Waals surface area contributed by atoms with Gasteiger partial charge in [-0.15, -0.1) is 0 Å². The number of hydrazine groups is 1. The van der Waals surface area contributed by atoms with Gasteiger partial charge in [0.25, 0.3) is 0 Å². The lowest BCUT2D eigenvalue weighted by atomic mass is 9.74. The average Bonchev–Trinajstić information content (AvgIpc) is 2.77. The Hall–Kier alpha value is -1.85. The van der Waals surface area contributed by atoms with Gasteiger partial charge in [0, 0.05) is 5.56 Å². The fourth-order valence-electron chi connectivity index (χ4n) is 2.73. The molecule has 0 amide bonds. The van der Waals surface area contributed by atoms with E-state index in [1.165, 1.54) is 11.1 Å². The molecule has 0 saturated heterocycles. The van der Waals surface area contributed by atoms with Crippen molar-refractivity contribution in [1.29, 1.82) is 0 Å². The van der Waals surface area contributed by atoms with Gasteiger partial charge in [0.05, 0.1) is 12.2 Å². The molecule has 1 aliphatic carbocycles. The molecule has 6 N–H and O–H groups in total. The van der Waals surface area contributed by atoms with E-state index in [4.69, 9.17) is 11.6 Å². The maximum Gasteiger partial charge on any atom is 0.123 e. The van der Waals surface area contributed by atoms with Gasteiger partial charge >= 0.3 is 0 Å². The van der Waals surface area contributed by atoms with E-state index in [1.807, 2.05) is 0 Å². The first kappa shape index (κ1) is 11.3. The van der Waals surface area contributed by atoms with Gasteiger partial charge in [0.15, 0.2) is 0 Å². The molecule has 1 heterocycles. The van der Waals surface area contributed by atoms with Crippen molar-refractivity contribution in [2.24, 2.45) is 5.84 Å². The van der Waals surface area contributed by atoms with Crippen molar-refractivity contribution in [3.05, 3.63) is 47.2 Å². The molecule has 5 nitrogen and oxygen atoms in total. The molecule has 0 radical (unpaired) electrons. The lowest BCUT2D eigenvalue weighted by Gasteiger charge is -2.32. The third kappa shape index (κ3) is 1.77. The second kappa shape index (κ2) is 4.44. The van der Waals surface area contributed by atoms with E-state index in [0.717, 1.165) is 18.4 Å². The highest BCUT2D eigenvalue weighted by Gasteiger charge is 2.29. The molecular formula is C13H17N5. The number of nitrogens with one attached hydrogen (secondary N) is 2. The molecule has 2 aromatic rings. The molecule has 0 bridgehead atoms. The number of fused-ring (bicyclic) bond motifs is 1. The monoisotopic (exact) mass is 243 g/mol. The van der Waals surface area contributed by atoms with E-state index in [1.54, 1.807) is 6.20 Å². The molecule has 3 rings (SSSR count). The summed E-state index contributed by atoms with van der Waals surface area (Å²) in [5.41, 5.74) is 12.5. The number of hydrogen-bond donors (Lipinski definition) is 4. The fourth-order valence-corrected chi connectivity index (χ4v) is 2.73. The maximum absolute atomic E-state index is 5.83. The summed E-state index contributed by atoms with van der Waals surface area (Å²) >= 11 is 0. The number of aromatic amines is 1. The zero-order valence-corrected chi connectivity index (χ0v) is 10.1. The summed E-state index contributed by atoms with van der Waals surface area (Å²) in [5.74, 6) is 6.77. The minimum atomic E-state index is 0.0436. The van der Waals surface area contributed by atoms with Gasteiger partial charge in [-0.25, -0.2) is 0 Å². The second-order valence-electron chi connectivity index (χ2n) is 4.79. The van der Waals surface area contributed by atoms with E-state index in [2.05, 4.69) is 39.9 Å². The summed E-state index contributed by atoms with van der Waals surface area (Å²) in [6.45, 7) is 0. The number of hydrogen-bond acceptors (Lipinski definition) is 4.